The highest BCUT2D eigenvalue weighted by Gasteiger charge is 2.10. The molecule has 23 heavy (non-hydrogen) atoms. The Hall–Kier alpha value is -1.93. The molecule has 1 aliphatic rings. The van der Waals surface area contributed by atoms with Crippen LogP contribution in [0.15, 0.2) is 72.1 Å². The van der Waals surface area contributed by atoms with Gasteiger partial charge < -0.3 is 4.79 Å². The van der Waals surface area contributed by atoms with Gasteiger partial charge in [0.05, 0.1) is 0 Å². The zero-order valence-electron chi connectivity index (χ0n) is 13.4. The lowest BCUT2D eigenvalue weighted by Gasteiger charge is -2.14. The number of benzene rings is 2. The van der Waals surface area contributed by atoms with Gasteiger partial charge >= 0.3 is 0 Å². The van der Waals surface area contributed by atoms with E-state index >= 15 is 0 Å². The van der Waals surface area contributed by atoms with E-state index in [1.165, 1.54) is 29.3 Å². The number of hydrogen-bond acceptors (Lipinski definition) is 2. The van der Waals surface area contributed by atoms with E-state index in [4.69, 9.17) is 0 Å². The molecule has 0 radical (unpaired) electrons. The van der Waals surface area contributed by atoms with Crippen molar-refractivity contribution in [2.24, 2.45) is 5.92 Å². The Kier molecular flexibility index (Phi) is 8.14. The van der Waals surface area contributed by atoms with Gasteiger partial charge in [-0.15, -0.1) is 11.3 Å². The summed E-state index contributed by atoms with van der Waals surface area (Å²) in [7, 11) is 0. The van der Waals surface area contributed by atoms with Crippen LogP contribution in [0.2, 0.25) is 0 Å². The Morgan fingerprint density at radius 3 is 1.91 bits per heavy atom. The standard InChI is InChI=1S/C8H6S.C7H12O.C6H6/c1-2-4-8-7(3-1)5-6-9-8;8-6-7-4-2-1-3-5-7;1-2-4-6-5-3-1/h1-6H;6-7H,1-5H2;1-6H. The first-order chi connectivity index (χ1) is 11.4. The quantitative estimate of drug-likeness (QED) is 0.476. The number of rotatable bonds is 1. The lowest BCUT2D eigenvalue weighted by atomic mass is 9.91. The topological polar surface area (TPSA) is 17.1 Å². The van der Waals surface area contributed by atoms with Crippen molar-refractivity contribution in [1.29, 1.82) is 0 Å². The molecule has 1 fully saturated rings. The molecule has 3 aromatic rings. The molecule has 0 saturated heterocycles. The fourth-order valence-corrected chi connectivity index (χ4v) is 3.35. The second-order valence-corrected chi connectivity index (χ2v) is 6.59. The van der Waals surface area contributed by atoms with Crippen LogP contribution in [0, 0.1) is 5.92 Å². The maximum Gasteiger partial charge on any atom is 0.123 e. The number of carbonyl (C=O) groups excluding carboxylic acids is 1. The minimum atomic E-state index is 0.406. The summed E-state index contributed by atoms with van der Waals surface area (Å²) >= 11 is 1.79. The first kappa shape index (κ1) is 17.4. The van der Waals surface area contributed by atoms with E-state index in [9.17, 15) is 4.79 Å². The second kappa shape index (κ2) is 10.7. The van der Waals surface area contributed by atoms with Crippen molar-refractivity contribution in [2.45, 2.75) is 32.1 Å². The van der Waals surface area contributed by atoms with E-state index < -0.39 is 0 Å². The van der Waals surface area contributed by atoms with E-state index in [1.54, 1.807) is 11.3 Å². The van der Waals surface area contributed by atoms with Crippen molar-refractivity contribution < 1.29 is 4.79 Å². The molecule has 0 aliphatic heterocycles. The molecule has 2 aromatic carbocycles. The monoisotopic (exact) mass is 324 g/mol. The highest BCUT2D eigenvalue weighted by Crippen LogP contribution is 2.21. The van der Waals surface area contributed by atoms with Crippen molar-refractivity contribution in [3.05, 3.63) is 72.1 Å². The summed E-state index contributed by atoms with van der Waals surface area (Å²) in [5.74, 6) is 0.406. The summed E-state index contributed by atoms with van der Waals surface area (Å²) in [4.78, 5) is 10.2. The third kappa shape index (κ3) is 6.79. The molecule has 1 nitrogen and oxygen atoms in total. The number of thiophene rings is 1. The minimum absolute atomic E-state index is 0.406. The first-order valence-electron chi connectivity index (χ1n) is 8.27. The maximum absolute atomic E-state index is 10.2. The van der Waals surface area contributed by atoms with Gasteiger partial charge in [-0.2, -0.15) is 0 Å². The molecule has 0 atom stereocenters. The largest absolute Gasteiger partial charge is 0.303 e. The molecule has 0 amide bonds. The fraction of sp³-hybridized carbons (Fsp3) is 0.286. The van der Waals surface area contributed by atoms with E-state index in [2.05, 4.69) is 35.7 Å². The van der Waals surface area contributed by atoms with Crippen LogP contribution in [0.3, 0.4) is 0 Å². The Bertz CT molecular complexity index is 597. The second-order valence-electron chi connectivity index (χ2n) is 5.65. The number of hydrogen-bond donors (Lipinski definition) is 0. The van der Waals surface area contributed by atoms with E-state index in [1.807, 2.05) is 36.4 Å². The van der Waals surface area contributed by atoms with Crippen LogP contribution in [0.4, 0.5) is 0 Å². The lowest BCUT2D eigenvalue weighted by Crippen LogP contribution is -2.06. The first-order valence-corrected chi connectivity index (χ1v) is 9.15. The van der Waals surface area contributed by atoms with Crippen molar-refractivity contribution in [3.8, 4) is 0 Å². The summed E-state index contributed by atoms with van der Waals surface area (Å²) in [6.07, 6.45) is 7.27. The Balaban J connectivity index is 0.000000128. The number of aldehydes is 1. The smallest absolute Gasteiger partial charge is 0.123 e. The minimum Gasteiger partial charge on any atom is -0.303 e. The molecular formula is C21H24OS. The molecule has 1 saturated carbocycles. The fourth-order valence-electron chi connectivity index (χ4n) is 2.56. The summed E-state index contributed by atoms with van der Waals surface area (Å²) in [6.45, 7) is 0. The molecule has 0 N–H and O–H groups in total. The Labute approximate surface area is 143 Å². The van der Waals surface area contributed by atoms with Gasteiger partial charge in [-0.25, -0.2) is 0 Å². The van der Waals surface area contributed by atoms with Gasteiger partial charge in [0, 0.05) is 10.6 Å². The third-order valence-corrected chi connectivity index (χ3v) is 4.77. The van der Waals surface area contributed by atoms with Crippen LogP contribution in [0.1, 0.15) is 32.1 Å². The average molecular weight is 324 g/mol. The van der Waals surface area contributed by atoms with Crippen LogP contribution < -0.4 is 0 Å². The van der Waals surface area contributed by atoms with E-state index in [0.29, 0.717) is 5.92 Å². The van der Waals surface area contributed by atoms with Crippen LogP contribution >= 0.6 is 11.3 Å². The van der Waals surface area contributed by atoms with Crippen molar-refractivity contribution in [3.63, 3.8) is 0 Å². The molecule has 4 rings (SSSR count). The summed E-state index contributed by atoms with van der Waals surface area (Å²) < 4.78 is 1.37. The molecule has 2 heteroatoms. The van der Waals surface area contributed by atoms with Gasteiger partial charge in [0.2, 0.25) is 0 Å². The van der Waals surface area contributed by atoms with Crippen LogP contribution in [-0.4, -0.2) is 6.29 Å². The van der Waals surface area contributed by atoms with Gasteiger partial charge in [-0.3, -0.25) is 0 Å². The van der Waals surface area contributed by atoms with Gasteiger partial charge in [0.15, 0.2) is 0 Å². The SMILES string of the molecule is O=CC1CCCCC1.c1ccc2sccc2c1.c1ccccc1. The molecule has 1 aliphatic carbocycles. The van der Waals surface area contributed by atoms with Gasteiger partial charge in [0.1, 0.15) is 6.29 Å². The highest BCUT2D eigenvalue weighted by molar-refractivity contribution is 7.17. The summed E-state index contributed by atoms with van der Waals surface area (Å²) in [5.41, 5.74) is 0. The Morgan fingerprint density at radius 2 is 1.39 bits per heavy atom. The molecule has 1 heterocycles. The zero-order chi connectivity index (χ0) is 16.2. The molecule has 0 spiro atoms. The van der Waals surface area contributed by atoms with Gasteiger partial charge in [-0.1, -0.05) is 73.9 Å². The Morgan fingerprint density at radius 1 is 0.783 bits per heavy atom. The molecule has 120 valence electrons. The lowest BCUT2D eigenvalue weighted by molar-refractivity contribution is -0.111. The molecule has 0 bridgehead atoms. The van der Waals surface area contributed by atoms with Crippen LogP contribution in [-0.2, 0) is 4.79 Å². The molecule has 0 unspecified atom stereocenters. The summed E-state index contributed by atoms with van der Waals surface area (Å²) in [6, 6.07) is 22.5. The predicted molar refractivity (Wildman–Crippen MR) is 101 cm³/mol. The van der Waals surface area contributed by atoms with Crippen molar-refractivity contribution in [2.75, 3.05) is 0 Å². The molecular weight excluding hydrogens is 300 g/mol. The van der Waals surface area contributed by atoms with Gasteiger partial charge in [-0.05, 0) is 35.7 Å². The highest BCUT2D eigenvalue weighted by atomic mass is 32.1. The zero-order valence-corrected chi connectivity index (χ0v) is 14.3. The summed E-state index contributed by atoms with van der Waals surface area (Å²) in [5, 5.41) is 3.47. The maximum atomic E-state index is 10.2. The number of carbonyl (C=O) groups is 1. The predicted octanol–water partition coefficient (Wildman–Crippen LogP) is 6.35. The van der Waals surface area contributed by atoms with Crippen molar-refractivity contribution >= 4 is 27.7 Å². The van der Waals surface area contributed by atoms with Crippen LogP contribution in [0.25, 0.3) is 10.1 Å². The third-order valence-electron chi connectivity index (χ3n) is 3.87. The van der Waals surface area contributed by atoms with E-state index in [0.717, 1.165) is 19.1 Å². The van der Waals surface area contributed by atoms with Crippen LogP contribution in [0.5, 0.6) is 0 Å². The molecule has 1 aromatic heterocycles. The normalized spacial score (nSPS) is 14.1. The van der Waals surface area contributed by atoms with Gasteiger partial charge in [0.25, 0.3) is 0 Å². The van der Waals surface area contributed by atoms with Crippen molar-refractivity contribution in [1.82, 2.24) is 0 Å². The van der Waals surface area contributed by atoms with E-state index in [-0.39, 0.29) is 0 Å². The average Bonchev–Trinajstić information content (AvgIpc) is 3.14. The number of fused-ring (bicyclic) bond motifs is 1.